The summed E-state index contributed by atoms with van der Waals surface area (Å²) < 4.78 is 0. The molecule has 1 atom stereocenters. The molecule has 1 aliphatic heterocycles. The summed E-state index contributed by atoms with van der Waals surface area (Å²) in [5.74, 6) is 0. The second-order valence-corrected chi connectivity index (χ2v) is 5.64. The topological polar surface area (TPSA) is 47.3 Å². The highest BCUT2D eigenvalue weighted by molar-refractivity contribution is 5.98. The number of benzene rings is 2. The van der Waals surface area contributed by atoms with Gasteiger partial charge >= 0.3 is 0 Å². The number of hydrogen-bond donors (Lipinski definition) is 1. The molecule has 3 rings (SSSR count). The van der Waals surface area contributed by atoms with E-state index in [1.807, 2.05) is 24.3 Å². The van der Waals surface area contributed by atoms with Crippen LogP contribution < -0.4 is 4.90 Å². The largest absolute Gasteiger partial charge is 0.396 e. The Labute approximate surface area is 125 Å². The monoisotopic (exact) mass is 280 g/mol. The van der Waals surface area contributed by atoms with Gasteiger partial charge in [-0.25, -0.2) is 0 Å². The van der Waals surface area contributed by atoms with Gasteiger partial charge in [-0.1, -0.05) is 24.3 Å². The summed E-state index contributed by atoms with van der Waals surface area (Å²) in [6.45, 7) is 1.26. The number of nitrogens with zero attached hydrogens (tertiary/aromatic N) is 2. The van der Waals surface area contributed by atoms with E-state index >= 15 is 0 Å². The predicted molar refractivity (Wildman–Crippen MR) is 85.4 cm³/mol. The molecule has 3 heteroatoms. The third kappa shape index (κ3) is 2.59. The normalized spacial score (nSPS) is 18.7. The average Bonchev–Trinajstić information content (AvgIpc) is 2.55. The van der Waals surface area contributed by atoms with E-state index in [1.54, 1.807) is 0 Å². The van der Waals surface area contributed by atoms with E-state index in [1.165, 1.54) is 18.5 Å². The summed E-state index contributed by atoms with van der Waals surface area (Å²) in [5, 5.41) is 20.7. The quantitative estimate of drug-likeness (QED) is 0.936. The van der Waals surface area contributed by atoms with E-state index in [-0.39, 0.29) is 6.61 Å². The van der Waals surface area contributed by atoms with Crippen molar-refractivity contribution in [3.8, 4) is 6.07 Å². The Kier molecular flexibility index (Phi) is 4.08. The van der Waals surface area contributed by atoms with Gasteiger partial charge in [-0.2, -0.15) is 5.26 Å². The molecule has 0 spiro atoms. The van der Waals surface area contributed by atoms with Crippen LogP contribution in [0.1, 0.15) is 31.2 Å². The van der Waals surface area contributed by atoms with Crippen molar-refractivity contribution in [2.45, 2.75) is 31.7 Å². The van der Waals surface area contributed by atoms with Crippen molar-refractivity contribution in [2.24, 2.45) is 0 Å². The molecule has 0 amide bonds. The number of aliphatic hydroxyl groups is 1. The highest BCUT2D eigenvalue weighted by atomic mass is 16.3. The molecule has 0 aliphatic carbocycles. The van der Waals surface area contributed by atoms with Gasteiger partial charge in [0.2, 0.25) is 0 Å². The molecule has 2 aromatic carbocycles. The summed E-state index contributed by atoms with van der Waals surface area (Å²) in [4.78, 5) is 2.42. The summed E-state index contributed by atoms with van der Waals surface area (Å²) in [5.41, 5.74) is 1.92. The van der Waals surface area contributed by atoms with Gasteiger partial charge < -0.3 is 10.0 Å². The molecule has 0 bridgehead atoms. The lowest BCUT2D eigenvalue weighted by Crippen LogP contribution is -2.40. The van der Waals surface area contributed by atoms with Crippen LogP contribution in [0.15, 0.2) is 36.4 Å². The second-order valence-electron chi connectivity index (χ2n) is 5.64. The SMILES string of the molecule is N#Cc1ccc(N2CCCCC2CCO)c2ccccc12. The van der Waals surface area contributed by atoms with Gasteiger partial charge in [-0.05, 0) is 37.8 Å². The summed E-state index contributed by atoms with van der Waals surface area (Å²) in [7, 11) is 0. The second kappa shape index (κ2) is 6.15. The van der Waals surface area contributed by atoms with Crippen LogP contribution in [0.3, 0.4) is 0 Å². The average molecular weight is 280 g/mol. The highest BCUT2D eigenvalue weighted by Gasteiger charge is 2.23. The fourth-order valence-electron chi connectivity index (χ4n) is 3.40. The zero-order valence-electron chi connectivity index (χ0n) is 12.1. The van der Waals surface area contributed by atoms with Gasteiger partial charge in [-0.3, -0.25) is 0 Å². The Bertz CT molecular complexity index is 672. The fraction of sp³-hybridized carbons (Fsp3) is 0.389. The fourth-order valence-corrected chi connectivity index (χ4v) is 3.40. The zero-order valence-corrected chi connectivity index (χ0v) is 12.1. The lowest BCUT2D eigenvalue weighted by atomic mass is 9.96. The molecule has 1 aliphatic rings. The Morgan fingerprint density at radius 3 is 2.71 bits per heavy atom. The van der Waals surface area contributed by atoms with Crippen molar-refractivity contribution in [2.75, 3.05) is 18.1 Å². The van der Waals surface area contributed by atoms with Crippen LogP contribution in [0.25, 0.3) is 10.8 Å². The molecule has 3 nitrogen and oxygen atoms in total. The number of fused-ring (bicyclic) bond motifs is 1. The maximum atomic E-state index is 9.31. The van der Waals surface area contributed by atoms with Crippen molar-refractivity contribution in [1.82, 2.24) is 0 Å². The first kappa shape index (κ1) is 13.9. The van der Waals surface area contributed by atoms with Crippen LogP contribution in [0.2, 0.25) is 0 Å². The molecular weight excluding hydrogens is 260 g/mol. The van der Waals surface area contributed by atoms with Crippen LogP contribution in [0.4, 0.5) is 5.69 Å². The molecule has 21 heavy (non-hydrogen) atoms. The minimum atomic E-state index is 0.232. The smallest absolute Gasteiger partial charge is 0.0998 e. The van der Waals surface area contributed by atoms with Gasteiger partial charge in [0.1, 0.15) is 0 Å². The van der Waals surface area contributed by atoms with Crippen molar-refractivity contribution < 1.29 is 5.11 Å². The number of piperidine rings is 1. The van der Waals surface area contributed by atoms with Crippen molar-refractivity contribution in [1.29, 1.82) is 5.26 Å². The minimum Gasteiger partial charge on any atom is -0.396 e. The van der Waals surface area contributed by atoms with Crippen LogP contribution in [-0.4, -0.2) is 24.3 Å². The first-order valence-electron chi connectivity index (χ1n) is 7.64. The molecule has 1 N–H and O–H groups in total. The standard InChI is InChI=1S/C18H20N2O/c19-13-14-8-9-18(17-7-2-1-6-16(14)17)20-11-4-3-5-15(20)10-12-21/h1-2,6-9,15,21H,3-5,10-12H2. The van der Waals surface area contributed by atoms with Gasteiger partial charge in [0, 0.05) is 35.7 Å². The first-order valence-corrected chi connectivity index (χ1v) is 7.64. The zero-order chi connectivity index (χ0) is 14.7. The van der Waals surface area contributed by atoms with Gasteiger partial charge in [0.25, 0.3) is 0 Å². The maximum absolute atomic E-state index is 9.31. The molecule has 1 heterocycles. The molecule has 2 aromatic rings. The summed E-state index contributed by atoms with van der Waals surface area (Å²) in [6, 6.07) is 14.8. The van der Waals surface area contributed by atoms with Gasteiger partial charge in [0.15, 0.2) is 0 Å². The Morgan fingerprint density at radius 2 is 1.95 bits per heavy atom. The number of anilines is 1. The Hall–Kier alpha value is -2.05. The highest BCUT2D eigenvalue weighted by Crippen LogP contribution is 2.34. The third-order valence-corrected chi connectivity index (χ3v) is 4.42. The molecule has 108 valence electrons. The summed E-state index contributed by atoms with van der Waals surface area (Å²) in [6.07, 6.45) is 4.37. The molecule has 0 radical (unpaired) electrons. The molecule has 0 aromatic heterocycles. The van der Waals surface area contributed by atoms with Crippen molar-refractivity contribution in [3.63, 3.8) is 0 Å². The lowest BCUT2D eigenvalue weighted by Gasteiger charge is -2.38. The van der Waals surface area contributed by atoms with E-state index in [0.29, 0.717) is 6.04 Å². The maximum Gasteiger partial charge on any atom is 0.0998 e. The predicted octanol–water partition coefficient (Wildman–Crippen LogP) is 3.45. The van der Waals surface area contributed by atoms with Crippen LogP contribution in [0.5, 0.6) is 0 Å². The van der Waals surface area contributed by atoms with Gasteiger partial charge in [0.05, 0.1) is 11.6 Å². The number of nitriles is 1. The molecule has 0 saturated carbocycles. The van der Waals surface area contributed by atoms with E-state index in [2.05, 4.69) is 23.1 Å². The number of hydrogen-bond acceptors (Lipinski definition) is 3. The van der Waals surface area contributed by atoms with E-state index in [0.717, 1.165) is 35.7 Å². The molecule has 1 fully saturated rings. The lowest BCUT2D eigenvalue weighted by molar-refractivity contribution is 0.262. The van der Waals surface area contributed by atoms with E-state index < -0.39 is 0 Å². The van der Waals surface area contributed by atoms with Crippen LogP contribution in [0, 0.1) is 11.3 Å². The van der Waals surface area contributed by atoms with Crippen molar-refractivity contribution in [3.05, 3.63) is 42.0 Å². The third-order valence-electron chi connectivity index (χ3n) is 4.42. The number of aliphatic hydroxyl groups excluding tert-OH is 1. The Morgan fingerprint density at radius 1 is 1.14 bits per heavy atom. The molecule has 1 saturated heterocycles. The molecule has 1 unspecified atom stereocenters. The van der Waals surface area contributed by atoms with E-state index in [9.17, 15) is 10.4 Å². The summed E-state index contributed by atoms with van der Waals surface area (Å²) >= 11 is 0. The Balaban J connectivity index is 2.09. The molecular formula is C18H20N2O. The van der Waals surface area contributed by atoms with Crippen LogP contribution >= 0.6 is 0 Å². The first-order chi connectivity index (χ1) is 10.3. The minimum absolute atomic E-state index is 0.232. The van der Waals surface area contributed by atoms with Gasteiger partial charge in [-0.15, -0.1) is 0 Å². The van der Waals surface area contributed by atoms with Crippen molar-refractivity contribution >= 4 is 16.5 Å². The van der Waals surface area contributed by atoms with Crippen LogP contribution in [-0.2, 0) is 0 Å². The van der Waals surface area contributed by atoms with E-state index in [4.69, 9.17) is 0 Å². The number of rotatable bonds is 3.